The molecule has 0 aliphatic rings. The van der Waals surface area contributed by atoms with E-state index in [1.807, 2.05) is 44.2 Å². The number of carboxylic acids is 1. The molecule has 0 saturated heterocycles. The zero-order valence-corrected chi connectivity index (χ0v) is 14.0. The van der Waals surface area contributed by atoms with Gasteiger partial charge in [0.1, 0.15) is 17.9 Å². The van der Waals surface area contributed by atoms with Crippen LogP contribution in [0, 0.1) is 0 Å². The van der Waals surface area contributed by atoms with E-state index in [2.05, 4.69) is 5.10 Å². The molecule has 0 saturated carbocycles. The van der Waals surface area contributed by atoms with Gasteiger partial charge in [-0.25, -0.2) is 4.79 Å². The van der Waals surface area contributed by atoms with Crippen LogP contribution in [0.3, 0.4) is 0 Å². The molecule has 25 heavy (non-hydrogen) atoms. The molecule has 0 aliphatic carbocycles. The minimum atomic E-state index is -1.12. The third-order valence-corrected chi connectivity index (χ3v) is 4.14. The summed E-state index contributed by atoms with van der Waals surface area (Å²) in [6.07, 6.45) is 1.49. The van der Waals surface area contributed by atoms with Crippen molar-refractivity contribution in [2.75, 3.05) is 6.54 Å². The maximum atomic E-state index is 12.6. The minimum absolute atomic E-state index is 0.0221. The number of carboxylic acid groups (broad SMARTS) is 1. The van der Waals surface area contributed by atoms with Crippen LogP contribution in [0.2, 0.25) is 0 Å². The van der Waals surface area contributed by atoms with Gasteiger partial charge in [-0.1, -0.05) is 18.2 Å². The fraction of sp³-hybridized carbons (Fsp3) is 0.278. The van der Waals surface area contributed by atoms with Gasteiger partial charge in [0, 0.05) is 18.1 Å². The highest BCUT2D eigenvalue weighted by Crippen LogP contribution is 2.27. The summed E-state index contributed by atoms with van der Waals surface area (Å²) in [4.78, 5) is 25.2. The van der Waals surface area contributed by atoms with E-state index in [0.29, 0.717) is 12.3 Å². The Morgan fingerprint density at radius 1 is 1.32 bits per heavy atom. The number of hydrogen-bond acceptors (Lipinski definition) is 4. The quantitative estimate of drug-likeness (QED) is 0.744. The number of aromatic carboxylic acids is 1. The lowest BCUT2D eigenvalue weighted by Gasteiger charge is -2.26. The first-order valence-corrected chi connectivity index (χ1v) is 8.04. The van der Waals surface area contributed by atoms with Crippen LogP contribution < -0.4 is 0 Å². The highest BCUT2D eigenvalue weighted by atomic mass is 16.4. The van der Waals surface area contributed by atoms with Crippen LogP contribution in [0.4, 0.5) is 0 Å². The summed E-state index contributed by atoms with van der Waals surface area (Å²) in [5, 5.41) is 13.8. The molecular weight excluding hydrogens is 322 g/mol. The van der Waals surface area contributed by atoms with Crippen molar-refractivity contribution in [2.24, 2.45) is 0 Å². The number of para-hydroxylation sites is 1. The van der Waals surface area contributed by atoms with Crippen LogP contribution in [-0.2, 0) is 11.3 Å². The van der Waals surface area contributed by atoms with Crippen LogP contribution >= 0.6 is 0 Å². The fourth-order valence-electron chi connectivity index (χ4n) is 2.82. The number of carbonyl (C=O) groups excluding carboxylic acids is 1. The van der Waals surface area contributed by atoms with E-state index in [-0.39, 0.29) is 24.2 Å². The van der Waals surface area contributed by atoms with Crippen molar-refractivity contribution in [1.82, 2.24) is 14.7 Å². The van der Waals surface area contributed by atoms with Crippen molar-refractivity contribution in [3.05, 3.63) is 54.0 Å². The average molecular weight is 341 g/mol. The smallest absolute Gasteiger partial charge is 0.356 e. The molecule has 1 N–H and O–H groups in total. The SMILES string of the molecule is CCN(C(=O)Cn1ccc(C(=O)O)n1)C(C)c1cc2ccccc2o1. The van der Waals surface area contributed by atoms with Gasteiger partial charge in [0.15, 0.2) is 5.69 Å². The number of nitrogens with zero attached hydrogens (tertiary/aromatic N) is 3. The second-order valence-corrected chi connectivity index (χ2v) is 5.75. The molecule has 7 heteroatoms. The number of benzene rings is 1. The zero-order chi connectivity index (χ0) is 18.0. The molecule has 0 fully saturated rings. The van der Waals surface area contributed by atoms with Crippen molar-refractivity contribution in [1.29, 1.82) is 0 Å². The largest absolute Gasteiger partial charge is 0.476 e. The third kappa shape index (κ3) is 3.40. The monoisotopic (exact) mass is 341 g/mol. The van der Waals surface area contributed by atoms with Crippen LogP contribution in [0.15, 0.2) is 47.0 Å². The highest BCUT2D eigenvalue weighted by molar-refractivity contribution is 5.85. The molecule has 0 radical (unpaired) electrons. The first kappa shape index (κ1) is 16.8. The maximum Gasteiger partial charge on any atom is 0.356 e. The molecule has 2 heterocycles. The number of aromatic nitrogens is 2. The van der Waals surface area contributed by atoms with E-state index >= 15 is 0 Å². The molecule has 0 spiro atoms. The molecular formula is C18H19N3O4. The molecule has 1 unspecified atom stereocenters. The second-order valence-electron chi connectivity index (χ2n) is 5.75. The Hall–Kier alpha value is -3.09. The fourth-order valence-corrected chi connectivity index (χ4v) is 2.82. The number of amides is 1. The first-order valence-electron chi connectivity index (χ1n) is 8.04. The van der Waals surface area contributed by atoms with E-state index < -0.39 is 5.97 Å². The summed E-state index contributed by atoms with van der Waals surface area (Å²) < 4.78 is 7.19. The lowest BCUT2D eigenvalue weighted by molar-refractivity contribution is -0.134. The maximum absolute atomic E-state index is 12.6. The number of rotatable bonds is 6. The van der Waals surface area contributed by atoms with Crippen LogP contribution in [0.1, 0.15) is 36.1 Å². The van der Waals surface area contributed by atoms with Gasteiger partial charge in [-0.05, 0) is 32.0 Å². The number of likely N-dealkylation sites (N-methyl/N-ethyl adjacent to an activating group) is 1. The molecule has 1 amide bonds. The van der Waals surface area contributed by atoms with Crippen LogP contribution in [-0.4, -0.2) is 38.2 Å². The topological polar surface area (TPSA) is 88.6 Å². The molecule has 3 rings (SSSR count). The molecule has 3 aromatic rings. The summed E-state index contributed by atoms with van der Waals surface area (Å²) >= 11 is 0. The zero-order valence-electron chi connectivity index (χ0n) is 14.0. The molecule has 1 atom stereocenters. The van der Waals surface area contributed by atoms with E-state index in [1.54, 1.807) is 4.90 Å². The predicted octanol–water partition coefficient (Wildman–Crippen LogP) is 2.94. The predicted molar refractivity (Wildman–Crippen MR) is 91.2 cm³/mol. The van der Waals surface area contributed by atoms with Gasteiger partial charge in [-0.3, -0.25) is 9.48 Å². The van der Waals surface area contributed by atoms with Gasteiger partial charge in [0.2, 0.25) is 5.91 Å². The lowest BCUT2D eigenvalue weighted by atomic mass is 10.2. The standard InChI is InChI=1S/C18H19N3O4/c1-3-21(17(22)11-20-9-8-14(19-20)18(23)24)12(2)16-10-13-6-4-5-7-15(13)25-16/h4-10,12H,3,11H2,1-2H3,(H,23,24). The van der Waals surface area contributed by atoms with E-state index in [9.17, 15) is 9.59 Å². The summed E-state index contributed by atoms with van der Waals surface area (Å²) in [7, 11) is 0. The molecule has 7 nitrogen and oxygen atoms in total. The van der Waals surface area contributed by atoms with Gasteiger partial charge in [-0.15, -0.1) is 0 Å². The Morgan fingerprint density at radius 2 is 2.08 bits per heavy atom. The third-order valence-electron chi connectivity index (χ3n) is 4.14. The Bertz CT molecular complexity index is 879. The molecule has 0 bridgehead atoms. The van der Waals surface area contributed by atoms with Crippen molar-refractivity contribution in [2.45, 2.75) is 26.4 Å². The Morgan fingerprint density at radius 3 is 2.72 bits per heavy atom. The van der Waals surface area contributed by atoms with Crippen molar-refractivity contribution >= 4 is 22.8 Å². The Kier molecular flexibility index (Phi) is 4.56. The van der Waals surface area contributed by atoms with Crippen molar-refractivity contribution < 1.29 is 19.1 Å². The van der Waals surface area contributed by atoms with E-state index in [4.69, 9.17) is 9.52 Å². The van der Waals surface area contributed by atoms with Crippen LogP contribution in [0.5, 0.6) is 0 Å². The molecule has 2 aromatic heterocycles. The van der Waals surface area contributed by atoms with Gasteiger partial charge in [-0.2, -0.15) is 5.10 Å². The van der Waals surface area contributed by atoms with Crippen molar-refractivity contribution in [3.8, 4) is 0 Å². The second kappa shape index (κ2) is 6.80. The summed E-state index contributed by atoms with van der Waals surface area (Å²) in [5.41, 5.74) is 0.701. The Labute approximate surface area is 144 Å². The summed E-state index contributed by atoms with van der Waals surface area (Å²) in [6, 6.07) is 10.8. The Balaban J connectivity index is 1.77. The van der Waals surface area contributed by atoms with Gasteiger partial charge in [0.05, 0.1) is 6.04 Å². The number of carbonyl (C=O) groups is 2. The molecule has 130 valence electrons. The number of furan rings is 1. The summed E-state index contributed by atoms with van der Waals surface area (Å²) in [5.74, 6) is -0.562. The molecule has 1 aromatic carbocycles. The first-order chi connectivity index (χ1) is 12.0. The lowest BCUT2D eigenvalue weighted by Crippen LogP contribution is -2.36. The highest BCUT2D eigenvalue weighted by Gasteiger charge is 2.23. The normalized spacial score (nSPS) is 12.2. The van der Waals surface area contributed by atoms with Gasteiger partial charge in [0.25, 0.3) is 0 Å². The number of hydrogen-bond donors (Lipinski definition) is 1. The minimum Gasteiger partial charge on any atom is -0.476 e. The summed E-state index contributed by atoms with van der Waals surface area (Å²) in [6.45, 7) is 4.28. The van der Waals surface area contributed by atoms with E-state index in [0.717, 1.165) is 11.0 Å². The molecule has 0 aliphatic heterocycles. The van der Waals surface area contributed by atoms with Gasteiger partial charge >= 0.3 is 5.97 Å². The van der Waals surface area contributed by atoms with Crippen molar-refractivity contribution in [3.63, 3.8) is 0 Å². The van der Waals surface area contributed by atoms with Gasteiger partial charge < -0.3 is 14.4 Å². The number of fused-ring (bicyclic) bond motifs is 1. The van der Waals surface area contributed by atoms with E-state index in [1.165, 1.54) is 16.9 Å². The van der Waals surface area contributed by atoms with Crippen LogP contribution in [0.25, 0.3) is 11.0 Å². The average Bonchev–Trinajstić information content (AvgIpc) is 3.21.